The third kappa shape index (κ3) is 2.80. The maximum Gasteiger partial charge on any atom is 0.261 e. The first-order valence-electron chi connectivity index (χ1n) is 9.35. The fourth-order valence-corrected chi connectivity index (χ4v) is 3.70. The minimum atomic E-state index is -0.280. The summed E-state index contributed by atoms with van der Waals surface area (Å²) in [4.78, 5) is 23.4. The highest BCUT2D eigenvalue weighted by atomic mass is 16.5. The molecular formula is C21H20N4O3. The van der Waals surface area contributed by atoms with Crippen LogP contribution in [0.5, 0.6) is 5.75 Å². The van der Waals surface area contributed by atoms with Crippen molar-refractivity contribution in [2.75, 3.05) is 18.9 Å². The zero-order valence-electron chi connectivity index (χ0n) is 15.2. The molecule has 2 aromatic heterocycles. The Labute approximate surface area is 160 Å². The molecule has 1 fully saturated rings. The number of ether oxygens (including phenoxy) is 2. The van der Waals surface area contributed by atoms with E-state index in [0.29, 0.717) is 40.5 Å². The fourth-order valence-electron chi connectivity index (χ4n) is 3.70. The summed E-state index contributed by atoms with van der Waals surface area (Å²) in [6.07, 6.45) is 2.19. The van der Waals surface area contributed by atoms with Crippen LogP contribution < -0.4 is 16.0 Å². The third-order valence-corrected chi connectivity index (χ3v) is 5.12. The topological polar surface area (TPSA) is 106 Å². The highest BCUT2D eigenvalue weighted by Gasteiger charge is 2.19. The van der Waals surface area contributed by atoms with Crippen LogP contribution in [-0.2, 0) is 4.74 Å². The van der Waals surface area contributed by atoms with Crippen molar-refractivity contribution in [3.05, 3.63) is 52.8 Å². The molecule has 142 valence electrons. The minimum Gasteiger partial charge on any atom is -0.489 e. The lowest BCUT2D eigenvalue weighted by Gasteiger charge is -2.11. The molecule has 1 aliphatic heterocycles. The summed E-state index contributed by atoms with van der Waals surface area (Å²) in [5, 5.41) is 0.785. The van der Waals surface area contributed by atoms with Crippen LogP contribution in [0.25, 0.3) is 33.3 Å². The van der Waals surface area contributed by atoms with Crippen molar-refractivity contribution < 1.29 is 9.47 Å². The van der Waals surface area contributed by atoms with Gasteiger partial charge in [0.05, 0.1) is 22.8 Å². The highest BCUT2D eigenvalue weighted by Crippen LogP contribution is 2.31. The van der Waals surface area contributed by atoms with Crippen LogP contribution in [0.15, 0.2) is 47.3 Å². The smallest absolute Gasteiger partial charge is 0.261 e. The predicted molar refractivity (Wildman–Crippen MR) is 109 cm³/mol. The minimum absolute atomic E-state index is 0.118. The molecule has 1 atom stereocenters. The zero-order chi connectivity index (χ0) is 19.1. The Morgan fingerprint density at radius 2 is 2.00 bits per heavy atom. The first kappa shape index (κ1) is 16.8. The Balaban J connectivity index is 1.58. The number of hydrogen-bond acceptors (Lipinski definition) is 5. The van der Waals surface area contributed by atoms with Gasteiger partial charge in [-0.2, -0.15) is 0 Å². The number of aromatic nitrogens is 3. The Bertz CT molecular complexity index is 1220. The summed E-state index contributed by atoms with van der Waals surface area (Å²) < 4.78 is 11.6. The number of rotatable bonds is 4. The molecule has 28 heavy (non-hydrogen) atoms. The lowest BCUT2D eigenvalue weighted by molar-refractivity contribution is 0.0684. The first-order valence-corrected chi connectivity index (χ1v) is 9.35. The molecule has 4 aromatic rings. The quantitative estimate of drug-likeness (QED) is 0.507. The van der Waals surface area contributed by atoms with E-state index in [-0.39, 0.29) is 11.7 Å². The van der Waals surface area contributed by atoms with Gasteiger partial charge in [0.25, 0.3) is 5.56 Å². The summed E-state index contributed by atoms with van der Waals surface area (Å²) in [5.41, 5.74) is 8.93. The number of nitrogens with one attached hydrogen (secondary N) is 2. The Morgan fingerprint density at radius 1 is 1.14 bits per heavy atom. The van der Waals surface area contributed by atoms with E-state index >= 15 is 0 Å². The lowest BCUT2D eigenvalue weighted by Crippen LogP contribution is -2.16. The predicted octanol–water partition coefficient (Wildman–Crippen LogP) is 3.21. The molecule has 3 heterocycles. The summed E-state index contributed by atoms with van der Waals surface area (Å²) in [7, 11) is 0. The molecule has 1 unspecified atom stereocenters. The van der Waals surface area contributed by atoms with Gasteiger partial charge in [-0.3, -0.25) is 4.79 Å². The molecule has 0 radical (unpaired) electrons. The van der Waals surface area contributed by atoms with Gasteiger partial charge in [-0.25, -0.2) is 4.98 Å². The molecule has 5 rings (SSSR count). The number of anilines is 1. The van der Waals surface area contributed by atoms with Crippen molar-refractivity contribution in [1.29, 1.82) is 0 Å². The van der Waals surface area contributed by atoms with Crippen LogP contribution in [0.4, 0.5) is 5.69 Å². The molecule has 1 aliphatic rings. The van der Waals surface area contributed by atoms with Gasteiger partial charge in [-0.15, -0.1) is 0 Å². The number of aromatic amines is 2. The Hall–Kier alpha value is -3.32. The molecule has 0 amide bonds. The average Bonchev–Trinajstić information content (AvgIpc) is 3.36. The number of nitrogen functional groups attached to an aromatic ring is 1. The number of nitrogens with zero attached hydrogens (tertiary/aromatic N) is 1. The number of pyridine rings is 1. The third-order valence-electron chi connectivity index (χ3n) is 5.12. The van der Waals surface area contributed by atoms with E-state index in [1.54, 1.807) is 0 Å². The van der Waals surface area contributed by atoms with Gasteiger partial charge in [0.2, 0.25) is 0 Å². The molecule has 7 heteroatoms. The van der Waals surface area contributed by atoms with Gasteiger partial charge < -0.3 is 25.2 Å². The molecule has 1 saturated heterocycles. The Morgan fingerprint density at radius 3 is 2.86 bits per heavy atom. The second-order valence-electron chi connectivity index (χ2n) is 6.97. The summed E-state index contributed by atoms with van der Waals surface area (Å²) in [6.45, 7) is 1.27. The van der Waals surface area contributed by atoms with Crippen LogP contribution in [0.1, 0.15) is 12.8 Å². The molecule has 0 spiro atoms. The van der Waals surface area contributed by atoms with Crippen molar-refractivity contribution >= 4 is 27.6 Å². The maximum absolute atomic E-state index is 12.7. The second-order valence-corrected chi connectivity index (χ2v) is 6.97. The van der Waals surface area contributed by atoms with E-state index in [9.17, 15) is 4.79 Å². The zero-order valence-corrected chi connectivity index (χ0v) is 15.2. The fraction of sp³-hybridized carbons (Fsp3) is 0.238. The van der Waals surface area contributed by atoms with Crippen molar-refractivity contribution in [2.24, 2.45) is 0 Å². The molecular weight excluding hydrogens is 356 g/mol. The van der Waals surface area contributed by atoms with Crippen LogP contribution in [0.2, 0.25) is 0 Å². The van der Waals surface area contributed by atoms with Crippen LogP contribution in [-0.4, -0.2) is 34.3 Å². The van der Waals surface area contributed by atoms with Crippen molar-refractivity contribution in [3.63, 3.8) is 0 Å². The van der Waals surface area contributed by atoms with E-state index in [4.69, 9.17) is 15.2 Å². The van der Waals surface area contributed by atoms with Crippen molar-refractivity contribution in [3.8, 4) is 17.1 Å². The van der Waals surface area contributed by atoms with E-state index in [1.807, 2.05) is 42.5 Å². The Kier molecular flexibility index (Phi) is 4.02. The van der Waals surface area contributed by atoms with Crippen LogP contribution in [0, 0.1) is 0 Å². The highest BCUT2D eigenvalue weighted by molar-refractivity contribution is 5.98. The van der Waals surface area contributed by atoms with E-state index in [2.05, 4.69) is 15.0 Å². The number of fused-ring (bicyclic) bond motifs is 2. The van der Waals surface area contributed by atoms with Gasteiger partial charge in [0.15, 0.2) is 0 Å². The maximum atomic E-state index is 12.7. The van der Waals surface area contributed by atoms with E-state index in [0.717, 1.165) is 30.4 Å². The molecule has 4 N–H and O–H groups in total. The number of hydrogen-bond donors (Lipinski definition) is 3. The lowest BCUT2D eigenvalue weighted by atomic mass is 10.1. The van der Waals surface area contributed by atoms with Crippen molar-refractivity contribution in [2.45, 2.75) is 18.9 Å². The largest absolute Gasteiger partial charge is 0.489 e. The standard InChI is InChI=1S/C21H20N4O3/c22-18-13-6-1-2-7-14(13)24-21(26)17(18)20-23-15-8-3-9-16(19(15)25-20)28-11-12-5-4-10-27-12/h1-3,6-9,12H,4-5,10-11H2,(H,23,25)(H3,22,24,26). The van der Waals surface area contributed by atoms with E-state index < -0.39 is 0 Å². The molecule has 2 aromatic carbocycles. The molecule has 7 nitrogen and oxygen atoms in total. The number of nitrogens with two attached hydrogens (primary N) is 1. The SMILES string of the molecule is Nc1c(-c2nc3c(OCC4CCCO4)cccc3[nH]2)c(=O)[nH]c2ccccc12. The van der Waals surface area contributed by atoms with Gasteiger partial charge >= 0.3 is 0 Å². The molecule has 0 saturated carbocycles. The summed E-state index contributed by atoms with van der Waals surface area (Å²) in [5.74, 6) is 1.08. The summed E-state index contributed by atoms with van der Waals surface area (Å²) >= 11 is 0. The van der Waals surface area contributed by atoms with Crippen molar-refractivity contribution in [1.82, 2.24) is 15.0 Å². The van der Waals surface area contributed by atoms with Gasteiger partial charge in [0, 0.05) is 12.0 Å². The molecule has 0 aliphatic carbocycles. The van der Waals surface area contributed by atoms with Crippen LogP contribution in [0.3, 0.4) is 0 Å². The number of para-hydroxylation sites is 2. The van der Waals surface area contributed by atoms with Gasteiger partial charge in [-0.1, -0.05) is 24.3 Å². The summed E-state index contributed by atoms with van der Waals surface area (Å²) in [6, 6.07) is 13.1. The number of imidazole rings is 1. The monoisotopic (exact) mass is 376 g/mol. The number of benzene rings is 2. The van der Waals surface area contributed by atoms with Gasteiger partial charge in [0.1, 0.15) is 29.3 Å². The number of H-pyrrole nitrogens is 2. The first-order chi connectivity index (χ1) is 13.7. The normalized spacial score (nSPS) is 16.8. The molecule has 0 bridgehead atoms. The second kappa shape index (κ2) is 6.69. The van der Waals surface area contributed by atoms with Crippen LogP contribution >= 0.6 is 0 Å². The van der Waals surface area contributed by atoms with Gasteiger partial charge in [-0.05, 0) is 31.0 Å². The average molecular weight is 376 g/mol. The van der Waals surface area contributed by atoms with E-state index in [1.165, 1.54) is 0 Å².